The molecule has 3 aromatic rings. The largest absolute Gasteiger partial charge is 0.348 e. The first kappa shape index (κ1) is 23.9. The van der Waals surface area contributed by atoms with E-state index in [0.29, 0.717) is 10.6 Å². The van der Waals surface area contributed by atoms with Crippen LogP contribution in [0.1, 0.15) is 29.7 Å². The summed E-state index contributed by atoms with van der Waals surface area (Å²) in [5.74, 6) is -0.835. The molecule has 3 aromatic carbocycles. The number of benzene rings is 3. The Bertz CT molecular complexity index is 1180. The Morgan fingerprint density at radius 1 is 1.06 bits per heavy atom. The van der Waals surface area contributed by atoms with Gasteiger partial charge in [0.15, 0.2) is 0 Å². The highest BCUT2D eigenvalue weighted by Crippen LogP contribution is 2.21. The molecule has 0 saturated heterocycles. The first-order chi connectivity index (χ1) is 15.1. The second-order valence-electron chi connectivity index (χ2n) is 7.56. The quantitative estimate of drug-likeness (QED) is 0.507. The number of amides is 1. The number of carbonyl (C=O) groups excluding carboxylic acids is 1. The van der Waals surface area contributed by atoms with Crippen molar-refractivity contribution in [1.29, 1.82) is 0 Å². The maximum atomic E-state index is 13.3. The van der Waals surface area contributed by atoms with Gasteiger partial charge < -0.3 is 5.32 Å². The van der Waals surface area contributed by atoms with E-state index in [1.54, 1.807) is 19.1 Å². The number of nitrogens with zero attached hydrogens (tertiary/aromatic N) is 1. The first-order valence-corrected chi connectivity index (χ1v) is 11.8. The van der Waals surface area contributed by atoms with Crippen molar-refractivity contribution in [1.82, 2.24) is 9.62 Å². The Morgan fingerprint density at radius 2 is 1.72 bits per heavy atom. The summed E-state index contributed by atoms with van der Waals surface area (Å²) in [5.41, 5.74) is 2.47. The Morgan fingerprint density at radius 3 is 2.34 bits per heavy atom. The molecular weight excluding hydrogens is 451 g/mol. The lowest BCUT2D eigenvalue weighted by Crippen LogP contribution is -2.41. The predicted molar refractivity (Wildman–Crippen MR) is 123 cm³/mol. The summed E-state index contributed by atoms with van der Waals surface area (Å²) in [6.07, 6.45) is 0. The van der Waals surface area contributed by atoms with E-state index in [0.717, 1.165) is 15.4 Å². The predicted octanol–water partition coefficient (Wildman–Crippen LogP) is 4.86. The van der Waals surface area contributed by atoms with E-state index >= 15 is 0 Å². The molecule has 0 aliphatic carbocycles. The van der Waals surface area contributed by atoms with Crippen molar-refractivity contribution in [2.45, 2.75) is 31.3 Å². The number of rotatable bonds is 8. The van der Waals surface area contributed by atoms with Crippen molar-refractivity contribution in [3.63, 3.8) is 0 Å². The van der Waals surface area contributed by atoms with Crippen LogP contribution in [0.5, 0.6) is 0 Å². The molecule has 0 heterocycles. The molecular formula is C24H24ClFN2O3S. The minimum Gasteiger partial charge on any atom is -0.348 e. The van der Waals surface area contributed by atoms with Gasteiger partial charge in [0, 0.05) is 11.6 Å². The van der Waals surface area contributed by atoms with Gasteiger partial charge in [-0.1, -0.05) is 53.6 Å². The third kappa shape index (κ3) is 6.16. The lowest BCUT2D eigenvalue weighted by Gasteiger charge is -2.23. The highest BCUT2D eigenvalue weighted by molar-refractivity contribution is 7.89. The Kier molecular flexibility index (Phi) is 7.66. The van der Waals surface area contributed by atoms with Gasteiger partial charge in [0.2, 0.25) is 15.9 Å². The zero-order chi connectivity index (χ0) is 23.3. The number of carbonyl (C=O) groups is 1. The number of hydrogen-bond donors (Lipinski definition) is 1. The number of halogens is 2. The minimum absolute atomic E-state index is 0.0327. The molecule has 1 atom stereocenters. The standard InChI is InChI=1S/C24H24ClFN2O3S/c1-17-4-3-5-19(14-17)15-28(32(30,31)23-12-8-21(25)9-13-23)16-24(29)27-18(2)20-6-10-22(26)11-7-20/h3-14,18H,15-16H2,1-2H3,(H,27,29)/t18-/m1/s1. The maximum absolute atomic E-state index is 13.3. The summed E-state index contributed by atoms with van der Waals surface area (Å²) in [7, 11) is -3.97. The first-order valence-electron chi connectivity index (χ1n) is 10.0. The average molecular weight is 475 g/mol. The SMILES string of the molecule is Cc1cccc(CN(CC(=O)N[C@H](C)c2ccc(F)cc2)S(=O)(=O)c2ccc(Cl)cc2)c1. The lowest BCUT2D eigenvalue weighted by molar-refractivity contribution is -0.122. The van der Waals surface area contributed by atoms with E-state index in [1.807, 2.05) is 31.2 Å². The van der Waals surface area contributed by atoms with E-state index < -0.39 is 22.0 Å². The van der Waals surface area contributed by atoms with Gasteiger partial charge in [-0.3, -0.25) is 4.79 Å². The van der Waals surface area contributed by atoms with E-state index in [-0.39, 0.29) is 23.8 Å². The van der Waals surface area contributed by atoms with E-state index in [2.05, 4.69) is 5.32 Å². The van der Waals surface area contributed by atoms with Crippen molar-refractivity contribution < 1.29 is 17.6 Å². The molecule has 1 amide bonds. The van der Waals surface area contributed by atoms with Crippen LogP contribution >= 0.6 is 11.6 Å². The van der Waals surface area contributed by atoms with E-state index in [1.165, 1.54) is 36.4 Å². The zero-order valence-corrected chi connectivity index (χ0v) is 19.3. The summed E-state index contributed by atoms with van der Waals surface area (Å²) in [4.78, 5) is 12.8. The second kappa shape index (κ2) is 10.3. The van der Waals surface area contributed by atoms with Crippen molar-refractivity contribution in [3.8, 4) is 0 Å². The number of aryl methyl sites for hydroxylation is 1. The van der Waals surface area contributed by atoms with Crippen LogP contribution in [0.4, 0.5) is 4.39 Å². The molecule has 8 heteroatoms. The molecule has 168 valence electrons. The smallest absolute Gasteiger partial charge is 0.243 e. The number of hydrogen-bond acceptors (Lipinski definition) is 3. The average Bonchev–Trinajstić information content (AvgIpc) is 2.74. The molecule has 1 N–H and O–H groups in total. The molecule has 0 fully saturated rings. The molecule has 0 saturated carbocycles. The monoisotopic (exact) mass is 474 g/mol. The summed E-state index contributed by atoms with van der Waals surface area (Å²) in [6, 6.07) is 18.6. The zero-order valence-electron chi connectivity index (χ0n) is 17.8. The van der Waals surface area contributed by atoms with Gasteiger partial charge in [-0.2, -0.15) is 4.31 Å². The number of sulfonamides is 1. The summed E-state index contributed by atoms with van der Waals surface area (Å²) >= 11 is 5.90. The van der Waals surface area contributed by atoms with Gasteiger partial charge in [0.05, 0.1) is 17.5 Å². The lowest BCUT2D eigenvalue weighted by atomic mass is 10.1. The van der Waals surface area contributed by atoms with Gasteiger partial charge in [-0.15, -0.1) is 0 Å². The van der Waals surface area contributed by atoms with Gasteiger partial charge in [0.1, 0.15) is 5.82 Å². The van der Waals surface area contributed by atoms with Crippen LogP contribution in [0.3, 0.4) is 0 Å². The molecule has 0 radical (unpaired) electrons. The van der Waals surface area contributed by atoms with Crippen LogP contribution in [0.25, 0.3) is 0 Å². The van der Waals surface area contributed by atoms with Crippen LogP contribution in [0.2, 0.25) is 5.02 Å². The molecule has 3 rings (SSSR count). The topological polar surface area (TPSA) is 66.5 Å². The van der Waals surface area contributed by atoms with Crippen molar-refractivity contribution >= 4 is 27.5 Å². The molecule has 0 bridgehead atoms. The third-order valence-corrected chi connectivity index (χ3v) is 7.02. The molecule has 0 aliphatic rings. The molecule has 0 aromatic heterocycles. The van der Waals surface area contributed by atoms with Crippen molar-refractivity contribution in [2.75, 3.05) is 6.54 Å². The van der Waals surface area contributed by atoms with Gasteiger partial charge in [0.25, 0.3) is 0 Å². The normalized spacial score (nSPS) is 12.5. The maximum Gasteiger partial charge on any atom is 0.243 e. The molecule has 0 unspecified atom stereocenters. The Balaban J connectivity index is 1.83. The fraction of sp³-hybridized carbons (Fsp3) is 0.208. The molecule has 0 aliphatic heterocycles. The van der Waals surface area contributed by atoms with E-state index in [9.17, 15) is 17.6 Å². The fourth-order valence-corrected chi connectivity index (χ4v) is 4.79. The van der Waals surface area contributed by atoms with Crippen molar-refractivity contribution in [3.05, 3.63) is 100 Å². The highest BCUT2D eigenvalue weighted by atomic mass is 35.5. The minimum atomic E-state index is -3.97. The summed E-state index contributed by atoms with van der Waals surface area (Å²) in [5, 5.41) is 3.20. The van der Waals surface area contributed by atoms with Gasteiger partial charge >= 0.3 is 0 Å². The second-order valence-corrected chi connectivity index (χ2v) is 9.93. The highest BCUT2D eigenvalue weighted by Gasteiger charge is 2.27. The number of nitrogens with one attached hydrogen (secondary N) is 1. The fourth-order valence-electron chi connectivity index (χ4n) is 3.28. The molecule has 0 spiro atoms. The van der Waals surface area contributed by atoms with Crippen LogP contribution in [0, 0.1) is 12.7 Å². The van der Waals surface area contributed by atoms with Crippen molar-refractivity contribution in [2.24, 2.45) is 0 Å². The Hall–Kier alpha value is -2.74. The van der Waals surface area contributed by atoms with E-state index in [4.69, 9.17) is 11.6 Å². The van der Waals surface area contributed by atoms with Gasteiger partial charge in [-0.05, 0) is 61.4 Å². The van der Waals surface area contributed by atoms with Crippen LogP contribution in [-0.2, 0) is 21.4 Å². The van der Waals surface area contributed by atoms with Crippen LogP contribution in [-0.4, -0.2) is 25.2 Å². The third-order valence-electron chi connectivity index (χ3n) is 4.96. The molecule has 32 heavy (non-hydrogen) atoms. The summed E-state index contributed by atoms with van der Waals surface area (Å²) < 4.78 is 41.0. The van der Waals surface area contributed by atoms with Gasteiger partial charge in [-0.25, -0.2) is 12.8 Å². The van der Waals surface area contributed by atoms with Crippen LogP contribution < -0.4 is 5.32 Å². The summed E-state index contributed by atoms with van der Waals surface area (Å²) in [6.45, 7) is 3.33. The molecule has 5 nitrogen and oxygen atoms in total. The van der Waals surface area contributed by atoms with Crippen LogP contribution in [0.15, 0.2) is 77.7 Å². The Labute approximate surface area is 192 Å².